The minimum Gasteiger partial charge on any atom is -0.497 e. The van der Waals surface area contributed by atoms with E-state index in [0.29, 0.717) is 0 Å². The Morgan fingerprint density at radius 1 is 1.43 bits per heavy atom. The van der Waals surface area contributed by atoms with Crippen molar-refractivity contribution in [3.63, 3.8) is 0 Å². The number of benzene rings is 1. The van der Waals surface area contributed by atoms with E-state index >= 15 is 0 Å². The molecule has 2 aromatic rings. The molecular formula is C11H11BrOS. The smallest absolute Gasteiger partial charge is 0.119 e. The fourth-order valence-electron chi connectivity index (χ4n) is 1.48. The summed E-state index contributed by atoms with van der Waals surface area (Å²) < 4.78 is 6.55. The van der Waals surface area contributed by atoms with E-state index < -0.39 is 0 Å². The van der Waals surface area contributed by atoms with Crippen molar-refractivity contribution in [2.24, 2.45) is 0 Å². The molecule has 0 saturated carbocycles. The van der Waals surface area contributed by atoms with Crippen LogP contribution in [-0.4, -0.2) is 12.4 Å². The second-order valence-electron chi connectivity index (χ2n) is 3.06. The summed E-state index contributed by atoms with van der Waals surface area (Å²) >= 11 is 5.26. The quantitative estimate of drug-likeness (QED) is 0.770. The Morgan fingerprint density at radius 3 is 3.00 bits per heavy atom. The first kappa shape index (κ1) is 9.99. The van der Waals surface area contributed by atoms with Gasteiger partial charge >= 0.3 is 0 Å². The molecule has 0 N–H and O–H groups in total. The summed E-state index contributed by atoms with van der Waals surface area (Å²) in [6.45, 7) is 0. The summed E-state index contributed by atoms with van der Waals surface area (Å²) in [5, 5.41) is 4.57. The Kier molecular flexibility index (Phi) is 3.08. The number of hydrogen-bond donors (Lipinski definition) is 0. The summed E-state index contributed by atoms with van der Waals surface area (Å²) in [6, 6.07) is 6.25. The number of aryl methyl sites for hydroxylation is 1. The second-order valence-corrected chi connectivity index (χ2v) is 4.77. The number of halogens is 1. The minimum atomic E-state index is 0.937. The summed E-state index contributed by atoms with van der Waals surface area (Å²) in [7, 11) is 1.71. The Hall–Kier alpha value is -0.540. The van der Waals surface area contributed by atoms with Gasteiger partial charge < -0.3 is 4.74 Å². The molecule has 74 valence electrons. The zero-order chi connectivity index (χ0) is 9.97. The van der Waals surface area contributed by atoms with Gasteiger partial charge in [-0.3, -0.25) is 0 Å². The van der Waals surface area contributed by atoms with Gasteiger partial charge in [0.15, 0.2) is 0 Å². The van der Waals surface area contributed by atoms with Crippen LogP contribution in [0.3, 0.4) is 0 Å². The molecule has 1 heterocycles. The van der Waals surface area contributed by atoms with Gasteiger partial charge in [-0.15, -0.1) is 11.3 Å². The molecule has 2 rings (SSSR count). The van der Waals surface area contributed by atoms with Crippen LogP contribution >= 0.6 is 27.3 Å². The first-order chi connectivity index (χ1) is 6.85. The third-order valence-electron chi connectivity index (χ3n) is 2.22. The first-order valence-corrected chi connectivity index (χ1v) is 6.45. The van der Waals surface area contributed by atoms with Gasteiger partial charge in [-0.05, 0) is 40.9 Å². The summed E-state index contributed by atoms with van der Waals surface area (Å²) in [5.41, 5.74) is 1.40. The average Bonchev–Trinajstić information content (AvgIpc) is 2.61. The second kappa shape index (κ2) is 4.32. The lowest BCUT2D eigenvalue weighted by molar-refractivity contribution is 0.415. The summed E-state index contributed by atoms with van der Waals surface area (Å²) in [6.07, 6.45) is 1.08. The lowest BCUT2D eigenvalue weighted by Crippen LogP contribution is -1.84. The fraction of sp³-hybridized carbons (Fsp3) is 0.273. The molecule has 0 unspecified atom stereocenters. The van der Waals surface area contributed by atoms with Crippen LogP contribution in [-0.2, 0) is 6.42 Å². The highest BCUT2D eigenvalue weighted by Gasteiger charge is 2.04. The highest BCUT2D eigenvalue weighted by molar-refractivity contribution is 9.09. The molecule has 0 spiro atoms. The van der Waals surface area contributed by atoms with Gasteiger partial charge in [-0.25, -0.2) is 0 Å². The molecule has 0 radical (unpaired) electrons. The summed E-state index contributed by atoms with van der Waals surface area (Å²) in [4.78, 5) is 0. The Labute approximate surface area is 95.8 Å². The topological polar surface area (TPSA) is 9.23 Å². The maximum absolute atomic E-state index is 5.22. The van der Waals surface area contributed by atoms with E-state index in [2.05, 4.69) is 33.4 Å². The van der Waals surface area contributed by atoms with Gasteiger partial charge in [0.2, 0.25) is 0 Å². The highest BCUT2D eigenvalue weighted by Crippen LogP contribution is 2.29. The number of thiophene rings is 1. The predicted molar refractivity (Wildman–Crippen MR) is 65.9 cm³/mol. The van der Waals surface area contributed by atoms with E-state index in [9.17, 15) is 0 Å². The third kappa shape index (κ3) is 1.79. The molecule has 14 heavy (non-hydrogen) atoms. The highest BCUT2D eigenvalue weighted by atomic mass is 79.9. The van der Waals surface area contributed by atoms with Crippen molar-refractivity contribution in [2.75, 3.05) is 12.4 Å². The molecule has 3 heteroatoms. The van der Waals surface area contributed by atoms with Crippen molar-refractivity contribution in [1.82, 2.24) is 0 Å². The van der Waals surface area contributed by atoms with Crippen molar-refractivity contribution in [3.05, 3.63) is 29.1 Å². The number of fused-ring (bicyclic) bond motifs is 1. The molecular weight excluding hydrogens is 260 g/mol. The minimum absolute atomic E-state index is 0.937. The van der Waals surface area contributed by atoms with Crippen molar-refractivity contribution in [3.8, 4) is 5.75 Å². The Morgan fingerprint density at radius 2 is 2.29 bits per heavy atom. The van der Waals surface area contributed by atoms with Crippen molar-refractivity contribution in [1.29, 1.82) is 0 Å². The van der Waals surface area contributed by atoms with Gasteiger partial charge in [0.1, 0.15) is 5.75 Å². The van der Waals surface area contributed by atoms with Crippen LogP contribution < -0.4 is 4.74 Å². The number of ether oxygens (including phenoxy) is 1. The molecule has 0 atom stereocenters. The molecule has 1 nitrogen and oxygen atoms in total. The number of rotatable bonds is 3. The molecule has 1 aromatic carbocycles. The van der Waals surface area contributed by atoms with Crippen LogP contribution in [0.4, 0.5) is 0 Å². The van der Waals surface area contributed by atoms with Gasteiger partial charge in [0.05, 0.1) is 7.11 Å². The monoisotopic (exact) mass is 270 g/mol. The van der Waals surface area contributed by atoms with E-state index in [4.69, 9.17) is 4.74 Å². The molecule has 1 aromatic heterocycles. The van der Waals surface area contributed by atoms with Crippen LogP contribution in [0.5, 0.6) is 5.75 Å². The molecule has 0 amide bonds. The molecule has 0 aliphatic rings. The maximum Gasteiger partial charge on any atom is 0.119 e. The zero-order valence-corrected chi connectivity index (χ0v) is 10.3. The largest absolute Gasteiger partial charge is 0.497 e. The van der Waals surface area contributed by atoms with Crippen LogP contribution in [0.15, 0.2) is 23.6 Å². The SMILES string of the molecule is COc1ccc2scc(CCBr)c2c1. The van der Waals surface area contributed by atoms with E-state index in [1.54, 1.807) is 18.4 Å². The van der Waals surface area contributed by atoms with Crippen LogP contribution in [0.2, 0.25) is 0 Å². The van der Waals surface area contributed by atoms with Crippen LogP contribution in [0.25, 0.3) is 10.1 Å². The average molecular weight is 271 g/mol. The number of alkyl halides is 1. The van der Waals surface area contributed by atoms with Crippen LogP contribution in [0, 0.1) is 0 Å². The molecule has 0 bridgehead atoms. The lowest BCUT2D eigenvalue weighted by atomic mass is 10.1. The van der Waals surface area contributed by atoms with Gasteiger partial charge in [0.25, 0.3) is 0 Å². The predicted octanol–water partition coefficient (Wildman–Crippen LogP) is 3.85. The summed E-state index contributed by atoms with van der Waals surface area (Å²) in [5.74, 6) is 0.937. The normalized spacial score (nSPS) is 10.7. The number of methoxy groups -OCH3 is 1. The van der Waals surface area contributed by atoms with Crippen molar-refractivity contribution >= 4 is 37.4 Å². The first-order valence-electron chi connectivity index (χ1n) is 4.45. The molecule has 0 aliphatic heterocycles. The maximum atomic E-state index is 5.22. The fourth-order valence-corrected chi connectivity index (χ4v) is 2.89. The molecule has 0 fully saturated rings. The number of hydrogen-bond acceptors (Lipinski definition) is 2. The molecule has 0 aliphatic carbocycles. The Bertz CT molecular complexity index is 436. The van der Waals surface area contributed by atoms with Gasteiger partial charge in [-0.1, -0.05) is 15.9 Å². The third-order valence-corrected chi connectivity index (χ3v) is 3.63. The van der Waals surface area contributed by atoms with Gasteiger partial charge in [-0.2, -0.15) is 0 Å². The lowest BCUT2D eigenvalue weighted by Gasteiger charge is -2.00. The van der Waals surface area contributed by atoms with E-state index in [-0.39, 0.29) is 0 Å². The van der Waals surface area contributed by atoms with Crippen LogP contribution in [0.1, 0.15) is 5.56 Å². The zero-order valence-electron chi connectivity index (χ0n) is 7.92. The van der Waals surface area contributed by atoms with E-state index in [0.717, 1.165) is 17.5 Å². The van der Waals surface area contributed by atoms with Gasteiger partial charge in [0, 0.05) is 10.0 Å². The Balaban J connectivity index is 2.52. The molecule has 0 saturated heterocycles. The van der Waals surface area contributed by atoms with E-state index in [1.807, 2.05) is 6.07 Å². The van der Waals surface area contributed by atoms with Crippen molar-refractivity contribution < 1.29 is 4.74 Å². The standard InChI is InChI=1S/C11H11BrOS/c1-13-9-2-3-11-10(6-9)8(4-5-12)7-14-11/h2-3,6-7H,4-5H2,1H3. The van der Waals surface area contributed by atoms with Crippen molar-refractivity contribution in [2.45, 2.75) is 6.42 Å². The van der Waals surface area contributed by atoms with E-state index in [1.165, 1.54) is 15.6 Å².